The van der Waals surface area contributed by atoms with Gasteiger partial charge in [-0.2, -0.15) is 0 Å². The van der Waals surface area contributed by atoms with E-state index in [2.05, 4.69) is 15.4 Å². The summed E-state index contributed by atoms with van der Waals surface area (Å²) in [7, 11) is 0. The molecule has 0 unspecified atom stereocenters. The molecule has 1 heterocycles. The van der Waals surface area contributed by atoms with Crippen LogP contribution in [-0.2, 0) is 0 Å². The summed E-state index contributed by atoms with van der Waals surface area (Å²) in [4.78, 5) is 0. The molecule has 0 bridgehead atoms. The van der Waals surface area contributed by atoms with Crippen molar-refractivity contribution in [2.45, 2.75) is 0 Å². The first-order valence-corrected chi connectivity index (χ1v) is 6.80. The van der Waals surface area contributed by atoms with Gasteiger partial charge in [0.1, 0.15) is 0 Å². The van der Waals surface area contributed by atoms with Crippen LogP contribution in [0.5, 0.6) is 0 Å². The van der Waals surface area contributed by atoms with E-state index in [1.165, 1.54) is 0 Å². The van der Waals surface area contributed by atoms with Gasteiger partial charge in [-0.15, -0.1) is 10.2 Å². The highest BCUT2D eigenvalue weighted by molar-refractivity contribution is 5.81. The first-order chi connectivity index (χ1) is 10.7. The molecule has 4 N–H and O–H groups in total. The van der Waals surface area contributed by atoms with Crippen LogP contribution in [0.1, 0.15) is 11.1 Å². The van der Waals surface area contributed by atoms with E-state index < -0.39 is 0 Å². The van der Waals surface area contributed by atoms with Gasteiger partial charge in [-0.25, -0.2) is 0 Å². The topological polar surface area (TPSA) is 90.7 Å². The molecule has 108 valence electrons. The summed E-state index contributed by atoms with van der Waals surface area (Å²) in [6.07, 6.45) is 5.64. The zero-order valence-electron chi connectivity index (χ0n) is 11.8. The third kappa shape index (κ3) is 3.09. The first-order valence-electron chi connectivity index (χ1n) is 6.80. The minimum atomic E-state index is 0.679. The highest BCUT2D eigenvalue weighted by Gasteiger charge is 2.05. The lowest BCUT2D eigenvalue weighted by molar-refractivity contribution is 0.870. The molecule has 0 aliphatic rings. The van der Waals surface area contributed by atoms with Crippen molar-refractivity contribution in [3.8, 4) is 11.3 Å². The number of nitrogens with zero attached hydrogens (tertiary/aromatic N) is 3. The normalized spacial score (nSPS) is 10.9. The Morgan fingerprint density at radius 3 is 2.32 bits per heavy atom. The van der Waals surface area contributed by atoms with Gasteiger partial charge in [0.05, 0.1) is 11.9 Å². The molecule has 3 aromatic rings. The molecule has 0 radical (unpaired) electrons. The van der Waals surface area contributed by atoms with E-state index in [0.29, 0.717) is 5.69 Å². The van der Waals surface area contributed by atoms with Crippen LogP contribution < -0.4 is 11.5 Å². The smallest absolute Gasteiger partial charge is 0.0970 e. The zero-order valence-corrected chi connectivity index (χ0v) is 11.8. The molecule has 0 aliphatic carbocycles. The third-order valence-electron chi connectivity index (χ3n) is 3.25. The maximum atomic E-state index is 5.89. The number of aromatic nitrogens is 3. The van der Waals surface area contributed by atoms with E-state index in [-0.39, 0.29) is 0 Å². The molecule has 0 aliphatic heterocycles. The summed E-state index contributed by atoms with van der Waals surface area (Å²) in [5, 5.41) is 11.4. The Morgan fingerprint density at radius 2 is 1.59 bits per heavy atom. The first kappa shape index (κ1) is 13.8. The lowest BCUT2D eigenvalue weighted by Gasteiger charge is -2.06. The Balaban J connectivity index is 1.99. The summed E-state index contributed by atoms with van der Waals surface area (Å²) >= 11 is 0. The van der Waals surface area contributed by atoms with Gasteiger partial charge in [0.2, 0.25) is 0 Å². The Hall–Kier alpha value is -3.21. The van der Waals surface area contributed by atoms with Crippen LogP contribution in [0, 0.1) is 0 Å². The predicted molar refractivity (Wildman–Crippen MR) is 89.5 cm³/mol. The van der Waals surface area contributed by atoms with Crippen LogP contribution in [0.15, 0.2) is 54.7 Å². The van der Waals surface area contributed by atoms with E-state index in [4.69, 9.17) is 11.5 Å². The van der Waals surface area contributed by atoms with E-state index >= 15 is 0 Å². The molecule has 0 saturated carbocycles. The number of nitrogen functional groups attached to an aromatic ring is 2. The number of hydrogen-bond acceptors (Lipinski definition) is 5. The minimum absolute atomic E-state index is 0.679. The summed E-state index contributed by atoms with van der Waals surface area (Å²) in [5.74, 6) is 0. The van der Waals surface area contributed by atoms with Gasteiger partial charge in [0.25, 0.3) is 0 Å². The van der Waals surface area contributed by atoms with Crippen LogP contribution in [0.4, 0.5) is 11.4 Å². The zero-order chi connectivity index (χ0) is 15.4. The second-order valence-electron chi connectivity index (χ2n) is 4.85. The molecule has 0 atom stereocenters. The summed E-state index contributed by atoms with van der Waals surface area (Å²) in [6.45, 7) is 0. The Labute approximate surface area is 128 Å². The van der Waals surface area contributed by atoms with E-state index in [1.54, 1.807) is 6.20 Å². The van der Waals surface area contributed by atoms with Crippen LogP contribution in [0.25, 0.3) is 23.4 Å². The molecule has 0 amide bonds. The van der Waals surface area contributed by atoms with E-state index in [1.807, 2.05) is 60.7 Å². The Morgan fingerprint density at radius 1 is 0.818 bits per heavy atom. The van der Waals surface area contributed by atoms with Crippen molar-refractivity contribution in [3.63, 3.8) is 0 Å². The molecular weight excluding hydrogens is 274 g/mol. The maximum Gasteiger partial charge on any atom is 0.0970 e. The number of rotatable bonds is 3. The number of hydrogen-bond donors (Lipinski definition) is 2. The van der Waals surface area contributed by atoms with Gasteiger partial charge in [0, 0.05) is 16.9 Å². The quantitative estimate of drug-likeness (QED) is 0.571. The van der Waals surface area contributed by atoms with Crippen molar-refractivity contribution < 1.29 is 0 Å². The molecule has 0 fully saturated rings. The number of nitrogens with two attached hydrogens (primary N) is 2. The van der Waals surface area contributed by atoms with Crippen molar-refractivity contribution in [2.75, 3.05) is 11.5 Å². The number of anilines is 2. The number of benzene rings is 2. The van der Waals surface area contributed by atoms with Crippen LogP contribution >= 0.6 is 0 Å². The lowest BCUT2D eigenvalue weighted by atomic mass is 10.0. The lowest BCUT2D eigenvalue weighted by Crippen LogP contribution is -1.93. The monoisotopic (exact) mass is 289 g/mol. The highest BCUT2D eigenvalue weighted by Crippen LogP contribution is 2.25. The van der Waals surface area contributed by atoms with Gasteiger partial charge in [0.15, 0.2) is 0 Å². The molecule has 2 aromatic carbocycles. The van der Waals surface area contributed by atoms with Gasteiger partial charge in [-0.3, -0.25) is 0 Å². The van der Waals surface area contributed by atoms with Crippen molar-refractivity contribution in [1.29, 1.82) is 0 Å². The average Bonchev–Trinajstić information content (AvgIpc) is 2.56. The SMILES string of the molecule is Nc1ccc(C=Cc2ccc(N)cc2-c2ccnnn2)cc1. The van der Waals surface area contributed by atoms with Crippen molar-refractivity contribution in [3.05, 3.63) is 65.9 Å². The average molecular weight is 289 g/mol. The predicted octanol–water partition coefficient (Wildman–Crippen LogP) is 2.87. The molecule has 3 rings (SSSR count). The van der Waals surface area contributed by atoms with Gasteiger partial charge in [-0.05, 0) is 46.7 Å². The standard InChI is InChI=1S/C17H15N5/c18-14-6-2-12(3-7-14)1-4-13-5-8-15(19)11-16(13)17-9-10-20-22-21-17/h1-11H,18-19H2. The Bertz CT molecular complexity index is 795. The molecule has 22 heavy (non-hydrogen) atoms. The van der Waals surface area contributed by atoms with Gasteiger partial charge >= 0.3 is 0 Å². The molecule has 1 aromatic heterocycles. The molecular formula is C17H15N5. The summed E-state index contributed by atoms with van der Waals surface area (Å²) < 4.78 is 0. The van der Waals surface area contributed by atoms with Crippen LogP contribution in [0.3, 0.4) is 0 Å². The minimum Gasteiger partial charge on any atom is -0.399 e. The fourth-order valence-corrected chi connectivity index (χ4v) is 2.12. The summed E-state index contributed by atoms with van der Waals surface area (Å²) in [5.41, 5.74) is 16.7. The maximum absolute atomic E-state index is 5.89. The second-order valence-corrected chi connectivity index (χ2v) is 4.85. The van der Waals surface area contributed by atoms with Crippen molar-refractivity contribution in [1.82, 2.24) is 15.4 Å². The molecule has 0 saturated heterocycles. The molecule has 5 nitrogen and oxygen atoms in total. The van der Waals surface area contributed by atoms with E-state index in [0.717, 1.165) is 28.1 Å². The van der Waals surface area contributed by atoms with Crippen molar-refractivity contribution in [2.24, 2.45) is 0 Å². The molecule has 5 heteroatoms. The van der Waals surface area contributed by atoms with Gasteiger partial charge in [-0.1, -0.05) is 30.4 Å². The third-order valence-corrected chi connectivity index (χ3v) is 3.25. The summed E-state index contributed by atoms with van der Waals surface area (Å²) in [6, 6.07) is 15.2. The fraction of sp³-hybridized carbons (Fsp3) is 0. The van der Waals surface area contributed by atoms with Gasteiger partial charge < -0.3 is 11.5 Å². The molecule has 0 spiro atoms. The van der Waals surface area contributed by atoms with Crippen molar-refractivity contribution >= 4 is 23.5 Å². The van der Waals surface area contributed by atoms with Crippen LogP contribution in [-0.4, -0.2) is 15.4 Å². The highest BCUT2D eigenvalue weighted by atomic mass is 15.3. The van der Waals surface area contributed by atoms with E-state index in [9.17, 15) is 0 Å². The fourth-order valence-electron chi connectivity index (χ4n) is 2.12. The van der Waals surface area contributed by atoms with Crippen LogP contribution in [0.2, 0.25) is 0 Å². The largest absolute Gasteiger partial charge is 0.399 e. The Kier molecular flexibility index (Phi) is 3.78. The second kappa shape index (κ2) is 6.05.